The van der Waals surface area contributed by atoms with Gasteiger partial charge in [0.05, 0.1) is 53.4 Å². The van der Waals surface area contributed by atoms with E-state index in [4.69, 9.17) is 45.6 Å². The number of rotatable bonds is 25. The van der Waals surface area contributed by atoms with Crippen molar-refractivity contribution in [3.05, 3.63) is 210 Å². The van der Waals surface area contributed by atoms with Crippen LogP contribution >= 0.6 is 0 Å². The minimum absolute atomic E-state index is 0.0240. The first-order valence-corrected chi connectivity index (χ1v) is 47.9. The number of aliphatic hydroxyl groups excluding tert-OH is 6. The monoisotopic (exact) mass is 2030 g/mol. The van der Waals surface area contributed by atoms with Crippen molar-refractivity contribution in [3.8, 4) is 50.6 Å². The number of phenols is 3. The number of primary amides is 3. The number of fused-ring (bicyclic) bond motifs is 9. The molecule has 0 bridgehead atoms. The van der Waals surface area contributed by atoms with E-state index in [2.05, 4.69) is 24.0 Å². The summed E-state index contributed by atoms with van der Waals surface area (Å²) in [5, 5.41) is 136. The van der Waals surface area contributed by atoms with Crippen LogP contribution in [-0.4, -0.2) is 312 Å². The zero-order valence-corrected chi connectivity index (χ0v) is 83.6. The Balaban J connectivity index is 0.000000175. The van der Waals surface area contributed by atoms with E-state index in [-0.39, 0.29) is 129 Å². The van der Waals surface area contributed by atoms with Crippen molar-refractivity contribution in [3.63, 3.8) is 0 Å². The van der Waals surface area contributed by atoms with Crippen LogP contribution in [0.4, 0.5) is 9.59 Å². The molecule has 5 amide bonds. The van der Waals surface area contributed by atoms with Gasteiger partial charge >= 0.3 is 24.1 Å². The number of hydrogen-bond acceptors (Lipinski definition) is 35. The fourth-order valence-electron chi connectivity index (χ4n) is 22.4. The summed E-state index contributed by atoms with van der Waals surface area (Å²) in [5.74, 6) is -21.3. The minimum atomic E-state index is -2.73. The summed E-state index contributed by atoms with van der Waals surface area (Å²) in [4.78, 5) is 177. The summed E-state index contributed by atoms with van der Waals surface area (Å²) >= 11 is 0. The third kappa shape index (κ3) is 20.0. The molecule has 1 aliphatic heterocycles. The highest BCUT2D eigenvalue weighted by atomic mass is 16.7. The van der Waals surface area contributed by atoms with Crippen molar-refractivity contribution in [1.29, 1.82) is 0 Å². The number of benzene rings is 6. The lowest BCUT2D eigenvalue weighted by atomic mass is 9.57. The van der Waals surface area contributed by atoms with E-state index in [0.29, 0.717) is 38.9 Å². The molecule has 40 nitrogen and oxygen atoms in total. The van der Waals surface area contributed by atoms with E-state index < -0.39 is 217 Å². The lowest BCUT2D eigenvalue weighted by Crippen LogP contribution is -2.65. The van der Waals surface area contributed by atoms with Crippen molar-refractivity contribution in [2.75, 3.05) is 109 Å². The Morgan fingerprint density at radius 2 is 0.714 bits per heavy atom. The van der Waals surface area contributed by atoms with Gasteiger partial charge in [0.1, 0.15) is 68.5 Å². The number of esters is 2. The van der Waals surface area contributed by atoms with E-state index in [0.717, 1.165) is 47.8 Å². The number of ether oxygens (including phenoxy) is 6. The van der Waals surface area contributed by atoms with Crippen LogP contribution in [0.3, 0.4) is 0 Å². The quantitative estimate of drug-likeness (QED) is 0.0151. The van der Waals surface area contributed by atoms with Crippen LogP contribution in [0.15, 0.2) is 160 Å². The molecule has 1 heterocycles. The van der Waals surface area contributed by atoms with Crippen molar-refractivity contribution in [2.45, 2.75) is 141 Å². The Morgan fingerprint density at radius 1 is 0.422 bits per heavy atom. The number of phenolic OH excluding ortho intramolecular Hbond substituents is 3. The van der Waals surface area contributed by atoms with Gasteiger partial charge in [-0.25, -0.2) is 9.59 Å². The topological polar surface area (TPSA) is 618 Å². The molecule has 0 radical (unpaired) electrons. The fourth-order valence-corrected chi connectivity index (χ4v) is 22.4. The Bertz CT molecular complexity index is 6580. The smallest absolute Gasteiger partial charge is 0.413 e. The molecule has 10 aliphatic rings. The first-order valence-electron chi connectivity index (χ1n) is 47.9. The second-order valence-corrected chi connectivity index (χ2v) is 40.6. The van der Waals surface area contributed by atoms with Crippen LogP contribution < -0.4 is 17.2 Å². The first kappa shape index (κ1) is 108. The normalized spacial score (nSPS) is 24.3. The number of hydrogen-bond donors (Lipinski definition) is 15. The lowest BCUT2D eigenvalue weighted by molar-refractivity contribution is -0.162. The van der Waals surface area contributed by atoms with Crippen LogP contribution in [0.1, 0.15) is 117 Å². The number of likely N-dealkylation sites (N-methyl/N-ethyl adjacent to an activating group) is 3. The summed E-state index contributed by atoms with van der Waals surface area (Å²) in [5.41, 5.74) is 12.8. The highest BCUT2D eigenvalue weighted by molar-refractivity contribution is 6.27. The van der Waals surface area contributed by atoms with Gasteiger partial charge in [0, 0.05) is 88.3 Å². The second-order valence-electron chi connectivity index (χ2n) is 40.6. The molecule has 147 heavy (non-hydrogen) atoms. The van der Waals surface area contributed by atoms with E-state index in [1.807, 2.05) is 12.1 Å². The Morgan fingerprint density at radius 3 is 0.986 bits per heavy atom. The summed E-state index contributed by atoms with van der Waals surface area (Å²) in [6.07, 6.45) is 1.44. The zero-order valence-electron chi connectivity index (χ0n) is 83.6. The number of aromatic hydroxyl groups is 3. The zero-order chi connectivity index (χ0) is 107. The average Bonchev–Trinajstić information content (AvgIpc) is 0.704. The molecule has 6 aromatic carbocycles. The molecule has 40 heteroatoms. The SMILES string of the molecule is CC1CCN(Cc2ccc(-c3ccc(O)c4c3C[C@H]3C[C@H]5[C@H](N(C)C)C(=O)C(C(N)=O)=C(O)[C@@]5(O)C(=O)C3=C4O)cc2)CC1.COCCN(Cc1ccc(-c2ccc(O)c3c2C[C@H]2C[C@H]4[C@H](N(C)C)C(=O)C(C(N)=O)=C(O)[C@@]4(O)C(=O)C2=C3O)cc1)C(=O)OCOC(=O)C(C)(C)C.COCCN(Cc1ccc(-c2ccc(O)c3c2C[C@H]2C[C@H]4[C@H](N(C)C)C(=O)C(C(N)=O)=C(O)[C@@]4(O)C(=O)C2=C3O)cc1)C(=O)OCOC(C)=O. The Labute approximate surface area is 845 Å². The first-order chi connectivity index (χ1) is 69.3. The van der Waals surface area contributed by atoms with Gasteiger partial charge in [0.2, 0.25) is 30.9 Å². The van der Waals surface area contributed by atoms with E-state index in [1.165, 1.54) is 110 Å². The number of Topliss-reactive ketones (excluding diaryl/α,β-unsaturated/α-hetero) is 6. The number of carbonyl (C=O) groups is 13. The second kappa shape index (κ2) is 42.5. The standard InChI is InChI=1S/C38H45N3O12.C35H39N3O12.C34H39N3O7/c1-37(2,3)35(48)52-18-53-36(49)41(13-14-51-6)17-19-7-9-20(10-8-19)22-11-12-25(42)27-23(22)15-21-16-24-29(40(4)5)31(44)28(34(39)47)33(46)38(24,50)32(45)26(21)30(27)43;1-17(39)49-16-50-34(46)38(11-12-48-4)15-18-5-7-19(8-6-18)21-9-10-24(40)26-22(21)13-20-14-23-28(37(2)3)30(42)27(33(36)45)32(44)35(23,47)31(43)25(20)29(26)41;1-17-10-12-37(13-11-17)16-18-4-6-19(7-5-18)21-8-9-24(38)26-22(21)14-20-15-23-28(36(2)3)30(40)27(33(35)43)32(42)34(23,44)31(41)25(20)29(26)39/h7-12,21,24,29,42-43,46,50H,13-18H2,1-6H3,(H2,39,47);5-10,20,23,28,40-41,44,47H,11-16H2,1-4H3,(H2,36,45);4-9,17,20,23,28,38-39,42,44H,10-16H2,1-3H3,(H2,35,43)/t21-,24-,29-,38-;20-,23-,28-,35-;20-,23-,28-,34-/m000/s1. The molecular weight excluding hydrogens is 1910 g/mol. The highest BCUT2D eigenvalue weighted by Gasteiger charge is 2.68. The van der Waals surface area contributed by atoms with Gasteiger partial charge in [-0.2, -0.15) is 0 Å². The maximum Gasteiger partial charge on any atom is 0.413 e. The largest absolute Gasteiger partial charge is 0.508 e. The molecule has 1 saturated heterocycles. The van der Waals surface area contributed by atoms with Crippen LogP contribution in [0.25, 0.3) is 50.7 Å². The van der Waals surface area contributed by atoms with Gasteiger partial charge in [0.25, 0.3) is 17.7 Å². The summed E-state index contributed by atoms with van der Waals surface area (Å²) in [6.45, 7) is 11.6. The summed E-state index contributed by atoms with van der Waals surface area (Å²) < 4.78 is 30.2. The lowest BCUT2D eigenvalue weighted by Gasteiger charge is -2.50. The predicted octanol–water partition coefficient (Wildman–Crippen LogP) is 7.36. The number of likely N-dealkylation sites (tertiary alicyclic amines) is 1. The maximum absolute atomic E-state index is 14.1. The summed E-state index contributed by atoms with van der Waals surface area (Å²) in [6, 6.07) is 28.3. The third-order valence-electron chi connectivity index (χ3n) is 29.7. The van der Waals surface area contributed by atoms with Gasteiger partial charge in [-0.15, -0.1) is 0 Å². The maximum atomic E-state index is 14.1. The van der Waals surface area contributed by atoms with Crippen molar-refractivity contribution in [1.82, 2.24) is 29.4 Å². The number of nitrogens with two attached hydrogens (primary N) is 3. The van der Waals surface area contributed by atoms with E-state index >= 15 is 0 Å². The molecule has 9 aliphatic carbocycles. The van der Waals surface area contributed by atoms with Gasteiger partial charge in [-0.1, -0.05) is 97.9 Å². The molecule has 18 N–H and O–H groups in total. The number of carbonyl (C=O) groups excluding carboxylic acids is 13. The minimum Gasteiger partial charge on any atom is -0.508 e. The van der Waals surface area contributed by atoms with Crippen molar-refractivity contribution in [2.24, 2.45) is 64.0 Å². The van der Waals surface area contributed by atoms with Crippen LogP contribution in [0, 0.1) is 46.8 Å². The highest BCUT2D eigenvalue weighted by Crippen LogP contribution is 2.59. The molecule has 0 spiro atoms. The Kier molecular flexibility index (Phi) is 31.3. The van der Waals surface area contributed by atoms with Crippen LogP contribution in [-0.2, 0) is 120 Å². The summed E-state index contributed by atoms with van der Waals surface area (Å²) in [7, 11) is 12.3. The molecule has 782 valence electrons. The number of nitrogens with zero attached hydrogens (tertiary/aromatic N) is 6. The van der Waals surface area contributed by atoms with Gasteiger partial charge in [0.15, 0.2) is 34.2 Å². The van der Waals surface area contributed by atoms with E-state index in [1.54, 1.807) is 102 Å². The molecule has 16 rings (SSSR count). The van der Waals surface area contributed by atoms with Gasteiger partial charge < -0.3 is 117 Å². The number of methoxy groups -OCH3 is 2. The number of piperidine rings is 1. The van der Waals surface area contributed by atoms with Crippen molar-refractivity contribution < 1.29 is 152 Å². The molecule has 12 atom stereocenters. The average molecular weight is 2030 g/mol. The molecule has 3 saturated carbocycles. The predicted molar refractivity (Wildman–Crippen MR) is 527 cm³/mol. The van der Waals surface area contributed by atoms with E-state index in [9.17, 15) is 124 Å². The van der Waals surface area contributed by atoms with Gasteiger partial charge in [-0.05, 0) is 236 Å². The number of ketones is 6. The molecule has 6 aromatic rings. The number of amides is 5. The fraction of sp³-hybridized carbons (Fsp3) is 0.430. The van der Waals surface area contributed by atoms with Crippen LogP contribution in [0.5, 0.6) is 17.2 Å². The molecule has 0 unspecified atom stereocenters. The molecule has 4 fully saturated rings. The molecular formula is C107H123N9O31. The van der Waals surface area contributed by atoms with Crippen molar-refractivity contribution >= 4 is 93.8 Å². The van der Waals surface area contributed by atoms with Gasteiger partial charge in [-0.3, -0.25) is 72.3 Å². The Hall–Kier alpha value is -14.5. The third-order valence-corrected chi connectivity index (χ3v) is 29.7. The van der Waals surface area contributed by atoms with Crippen LogP contribution in [0.2, 0.25) is 0 Å². The number of aliphatic hydroxyl groups is 9. The molecule has 0 aromatic heterocycles.